The molecule has 2 N–H and O–H groups in total. The number of methoxy groups -OCH3 is 1. The largest absolute Gasteiger partial charge is 0.496 e. The second-order valence-corrected chi connectivity index (χ2v) is 3.96. The van der Waals surface area contributed by atoms with Gasteiger partial charge in [-0.05, 0) is 24.6 Å². The quantitative estimate of drug-likeness (QED) is 0.764. The Labute approximate surface area is 87.9 Å². The minimum Gasteiger partial charge on any atom is -0.496 e. The fourth-order valence-electron chi connectivity index (χ4n) is 1.86. The molecule has 3 nitrogen and oxygen atoms in total. The first-order valence-electron chi connectivity index (χ1n) is 4.84. The number of halogens is 1. The molecule has 0 unspecified atom stereocenters. The number of ether oxygens (including phenoxy) is 1. The fourth-order valence-corrected chi connectivity index (χ4v) is 1.86. The van der Waals surface area contributed by atoms with E-state index < -0.39 is 11.4 Å². The van der Waals surface area contributed by atoms with Gasteiger partial charge in [-0.3, -0.25) is 0 Å². The smallest absolute Gasteiger partial charge is 0.133 e. The Balaban J connectivity index is 2.53. The molecule has 0 bridgehead atoms. The Bertz CT molecular complexity index is 388. The van der Waals surface area contributed by atoms with E-state index in [4.69, 9.17) is 4.74 Å². The second-order valence-electron chi connectivity index (χ2n) is 3.96. The first-order chi connectivity index (χ1) is 7.07. The van der Waals surface area contributed by atoms with Gasteiger partial charge in [0.25, 0.3) is 0 Å². The van der Waals surface area contributed by atoms with Gasteiger partial charge < -0.3 is 15.2 Å². The topological polar surface area (TPSA) is 41.5 Å². The van der Waals surface area contributed by atoms with E-state index in [2.05, 4.69) is 5.32 Å². The predicted molar refractivity (Wildman–Crippen MR) is 54.5 cm³/mol. The zero-order chi connectivity index (χ0) is 11.1. The van der Waals surface area contributed by atoms with E-state index in [9.17, 15) is 9.50 Å². The molecule has 1 saturated heterocycles. The van der Waals surface area contributed by atoms with Crippen molar-refractivity contribution in [1.82, 2.24) is 5.32 Å². The van der Waals surface area contributed by atoms with Gasteiger partial charge in [-0.1, -0.05) is 0 Å². The normalized spacial score (nSPS) is 18.4. The van der Waals surface area contributed by atoms with Crippen molar-refractivity contribution in [3.8, 4) is 5.75 Å². The Morgan fingerprint density at radius 3 is 2.60 bits per heavy atom. The molecule has 4 heteroatoms. The first kappa shape index (κ1) is 10.4. The number of benzene rings is 1. The molecule has 0 saturated carbocycles. The number of aliphatic hydroxyl groups is 1. The minimum absolute atomic E-state index is 0.259. The molecule has 1 heterocycles. The van der Waals surface area contributed by atoms with Crippen LogP contribution < -0.4 is 10.1 Å². The SMILES string of the molecule is COc1cc(C)cc(F)c1C1(O)CNC1. The highest BCUT2D eigenvalue weighted by atomic mass is 19.1. The van der Waals surface area contributed by atoms with Gasteiger partial charge in [-0.2, -0.15) is 0 Å². The van der Waals surface area contributed by atoms with Gasteiger partial charge in [-0.25, -0.2) is 4.39 Å². The number of aryl methyl sites for hydroxylation is 1. The molecule has 1 aliphatic heterocycles. The van der Waals surface area contributed by atoms with Gasteiger partial charge in [-0.15, -0.1) is 0 Å². The lowest BCUT2D eigenvalue weighted by molar-refractivity contribution is -0.0195. The van der Waals surface area contributed by atoms with Crippen LogP contribution in [0.1, 0.15) is 11.1 Å². The number of hydrogen-bond acceptors (Lipinski definition) is 3. The van der Waals surface area contributed by atoms with Crippen molar-refractivity contribution < 1.29 is 14.2 Å². The van der Waals surface area contributed by atoms with E-state index in [1.165, 1.54) is 13.2 Å². The Morgan fingerprint density at radius 2 is 2.13 bits per heavy atom. The molecule has 0 aliphatic carbocycles. The van der Waals surface area contributed by atoms with Crippen molar-refractivity contribution in [2.75, 3.05) is 20.2 Å². The van der Waals surface area contributed by atoms with E-state index >= 15 is 0 Å². The lowest BCUT2D eigenvalue weighted by Crippen LogP contribution is -2.57. The Morgan fingerprint density at radius 1 is 1.47 bits per heavy atom. The van der Waals surface area contributed by atoms with Crippen LogP contribution in [0.4, 0.5) is 4.39 Å². The molecule has 0 amide bonds. The summed E-state index contributed by atoms with van der Waals surface area (Å²) in [5.41, 5.74) is -0.0818. The molecule has 15 heavy (non-hydrogen) atoms. The van der Waals surface area contributed by atoms with Gasteiger partial charge >= 0.3 is 0 Å². The van der Waals surface area contributed by atoms with Crippen LogP contribution in [0.2, 0.25) is 0 Å². The van der Waals surface area contributed by atoms with Crippen LogP contribution >= 0.6 is 0 Å². The van der Waals surface area contributed by atoms with E-state index in [0.717, 1.165) is 5.56 Å². The average Bonchev–Trinajstić information content (AvgIpc) is 2.13. The molecule has 0 radical (unpaired) electrons. The van der Waals surface area contributed by atoms with Crippen LogP contribution in [0.25, 0.3) is 0 Å². The summed E-state index contributed by atoms with van der Waals surface area (Å²) in [6.07, 6.45) is 0. The summed E-state index contributed by atoms with van der Waals surface area (Å²) >= 11 is 0. The molecule has 1 fully saturated rings. The maximum atomic E-state index is 13.7. The van der Waals surface area contributed by atoms with Crippen molar-refractivity contribution >= 4 is 0 Å². The monoisotopic (exact) mass is 211 g/mol. The molecule has 0 spiro atoms. The average molecular weight is 211 g/mol. The van der Waals surface area contributed by atoms with Crippen LogP contribution in [0.5, 0.6) is 5.75 Å². The summed E-state index contributed by atoms with van der Waals surface area (Å²) in [6, 6.07) is 3.14. The van der Waals surface area contributed by atoms with Gasteiger partial charge in [0.05, 0.1) is 12.7 Å². The summed E-state index contributed by atoms with van der Waals surface area (Å²) in [5.74, 6) is 0.00681. The molecule has 1 aliphatic rings. The van der Waals surface area contributed by atoms with Crippen molar-refractivity contribution in [2.45, 2.75) is 12.5 Å². The van der Waals surface area contributed by atoms with Crippen LogP contribution in [0.3, 0.4) is 0 Å². The highest BCUT2D eigenvalue weighted by Crippen LogP contribution is 2.35. The molecular formula is C11H14FNO2. The maximum Gasteiger partial charge on any atom is 0.133 e. The minimum atomic E-state index is -1.12. The number of hydrogen-bond donors (Lipinski definition) is 2. The fraction of sp³-hybridized carbons (Fsp3) is 0.455. The molecule has 2 rings (SSSR count). The van der Waals surface area contributed by atoms with Crippen LogP contribution in [0, 0.1) is 12.7 Å². The second kappa shape index (κ2) is 3.47. The van der Waals surface area contributed by atoms with Crippen LogP contribution in [-0.2, 0) is 5.60 Å². The first-order valence-corrected chi connectivity index (χ1v) is 4.84. The zero-order valence-electron chi connectivity index (χ0n) is 8.80. The van der Waals surface area contributed by atoms with E-state index in [-0.39, 0.29) is 5.56 Å². The molecule has 0 atom stereocenters. The van der Waals surface area contributed by atoms with Gasteiger partial charge in [0.15, 0.2) is 0 Å². The summed E-state index contributed by atoms with van der Waals surface area (Å²) in [4.78, 5) is 0. The van der Waals surface area contributed by atoms with E-state index in [1.807, 2.05) is 0 Å². The highest BCUT2D eigenvalue weighted by Gasteiger charge is 2.41. The van der Waals surface area contributed by atoms with Crippen molar-refractivity contribution in [1.29, 1.82) is 0 Å². The van der Waals surface area contributed by atoms with Crippen LogP contribution in [-0.4, -0.2) is 25.3 Å². The lowest BCUT2D eigenvalue weighted by atomic mass is 9.86. The Hall–Kier alpha value is -1.13. The summed E-state index contributed by atoms with van der Waals surface area (Å²) in [6.45, 7) is 2.52. The predicted octanol–water partition coefficient (Wildman–Crippen LogP) is 0.934. The molecular weight excluding hydrogens is 197 g/mol. The summed E-state index contributed by atoms with van der Waals surface area (Å²) in [7, 11) is 1.48. The third-order valence-corrected chi connectivity index (χ3v) is 2.72. The van der Waals surface area contributed by atoms with Crippen molar-refractivity contribution in [2.24, 2.45) is 0 Å². The van der Waals surface area contributed by atoms with E-state index in [0.29, 0.717) is 18.8 Å². The number of rotatable bonds is 2. The maximum absolute atomic E-state index is 13.7. The van der Waals surface area contributed by atoms with E-state index in [1.54, 1.807) is 13.0 Å². The van der Waals surface area contributed by atoms with Gasteiger partial charge in [0.1, 0.15) is 17.2 Å². The molecule has 1 aromatic carbocycles. The van der Waals surface area contributed by atoms with Gasteiger partial charge in [0, 0.05) is 13.1 Å². The third-order valence-electron chi connectivity index (χ3n) is 2.72. The summed E-state index contributed by atoms with van der Waals surface area (Å²) in [5, 5.41) is 13.0. The van der Waals surface area contributed by atoms with Crippen LogP contribution in [0.15, 0.2) is 12.1 Å². The summed E-state index contributed by atoms with van der Waals surface area (Å²) < 4.78 is 18.8. The van der Waals surface area contributed by atoms with Gasteiger partial charge in [0.2, 0.25) is 0 Å². The van der Waals surface area contributed by atoms with Crippen molar-refractivity contribution in [3.63, 3.8) is 0 Å². The van der Waals surface area contributed by atoms with Crippen molar-refractivity contribution in [3.05, 3.63) is 29.1 Å². The number of β-amino-alcohol motifs (C(OH)–C–C–N with tert-alkyl or cyclic N) is 1. The highest BCUT2D eigenvalue weighted by molar-refractivity contribution is 5.43. The zero-order valence-corrected chi connectivity index (χ0v) is 8.80. The number of nitrogens with one attached hydrogen (secondary N) is 1. The molecule has 0 aromatic heterocycles. The standard InChI is InChI=1S/C11H14FNO2/c1-7-3-8(12)10(9(4-7)15-2)11(14)5-13-6-11/h3-4,13-14H,5-6H2,1-2H3. The Kier molecular flexibility index (Phi) is 2.40. The molecule has 1 aromatic rings. The third kappa shape index (κ3) is 1.60. The molecule has 82 valence electrons. The lowest BCUT2D eigenvalue weighted by Gasteiger charge is -2.38.